The van der Waals surface area contributed by atoms with E-state index in [4.69, 9.17) is 4.42 Å². The Labute approximate surface area is 129 Å². The Balaban J connectivity index is 1.99. The van der Waals surface area contributed by atoms with E-state index < -0.39 is 5.76 Å². The van der Waals surface area contributed by atoms with Gasteiger partial charge in [-0.2, -0.15) is 0 Å². The van der Waals surface area contributed by atoms with E-state index in [0.717, 1.165) is 5.52 Å². The zero-order valence-electron chi connectivity index (χ0n) is 13.2. The molecule has 2 aromatic rings. The van der Waals surface area contributed by atoms with Crippen LogP contribution in [0.2, 0.25) is 0 Å². The van der Waals surface area contributed by atoms with Crippen molar-refractivity contribution in [3.05, 3.63) is 47.0 Å². The minimum Gasteiger partial charge on any atom is -0.408 e. The predicted octanol–water partition coefficient (Wildman–Crippen LogP) is 1.17. The van der Waals surface area contributed by atoms with Crippen LogP contribution in [0.25, 0.3) is 11.1 Å². The van der Waals surface area contributed by atoms with E-state index in [1.54, 1.807) is 28.7 Å². The third kappa shape index (κ3) is 3.85. The van der Waals surface area contributed by atoms with E-state index in [9.17, 15) is 9.59 Å². The van der Waals surface area contributed by atoms with Crippen LogP contribution in [0.5, 0.6) is 0 Å². The molecular weight excluding hydrogens is 282 g/mol. The highest BCUT2D eigenvalue weighted by atomic mass is 16.4. The van der Waals surface area contributed by atoms with Crippen LogP contribution in [0.1, 0.15) is 0 Å². The number of benzene rings is 1. The van der Waals surface area contributed by atoms with Gasteiger partial charge in [-0.05, 0) is 26.2 Å². The van der Waals surface area contributed by atoms with Gasteiger partial charge in [-0.15, -0.1) is 0 Å². The molecule has 0 spiro atoms. The molecule has 6 nitrogen and oxygen atoms in total. The number of oxazole rings is 1. The van der Waals surface area contributed by atoms with E-state index in [1.807, 2.05) is 43.3 Å². The Hall–Kier alpha value is -2.34. The lowest BCUT2D eigenvalue weighted by atomic mass is 10.3. The van der Waals surface area contributed by atoms with Gasteiger partial charge in [0, 0.05) is 32.8 Å². The zero-order chi connectivity index (χ0) is 16.1. The molecule has 0 unspecified atom stereocenters. The van der Waals surface area contributed by atoms with Crippen molar-refractivity contribution in [3.8, 4) is 0 Å². The summed E-state index contributed by atoms with van der Waals surface area (Å²) < 4.78 is 6.71. The van der Waals surface area contributed by atoms with Crippen LogP contribution in [0.3, 0.4) is 0 Å². The summed E-state index contributed by atoms with van der Waals surface area (Å²) in [7, 11) is 5.60. The fourth-order valence-electron chi connectivity index (χ4n) is 2.08. The van der Waals surface area contributed by atoms with Gasteiger partial charge < -0.3 is 14.2 Å². The molecule has 0 atom stereocenters. The second kappa shape index (κ2) is 7.09. The van der Waals surface area contributed by atoms with Crippen LogP contribution >= 0.6 is 0 Å². The number of carbonyl (C=O) groups excluding carboxylic acids is 1. The molecule has 0 bridgehead atoms. The van der Waals surface area contributed by atoms with Crippen molar-refractivity contribution in [2.75, 3.05) is 34.2 Å². The molecule has 1 heterocycles. The molecule has 0 N–H and O–H groups in total. The maximum Gasteiger partial charge on any atom is 0.420 e. The lowest BCUT2D eigenvalue weighted by molar-refractivity contribution is -0.124. The molecule has 0 saturated heterocycles. The molecule has 118 valence electrons. The number of carbonyl (C=O) groups is 1. The summed E-state index contributed by atoms with van der Waals surface area (Å²) in [6.07, 6.45) is 3.37. The predicted molar refractivity (Wildman–Crippen MR) is 85.8 cm³/mol. The van der Waals surface area contributed by atoms with Gasteiger partial charge in [0.05, 0.1) is 5.52 Å². The van der Waals surface area contributed by atoms with E-state index in [2.05, 4.69) is 0 Å². The summed E-state index contributed by atoms with van der Waals surface area (Å²) in [6, 6.07) is 7.26. The largest absolute Gasteiger partial charge is 0.420 e. The monoisotopic (exact) mass is 303 g/mol. The smallest absolute Gasteiger partial charge is 0.408 e. The van der Waals surface area contributed by atoms with Gasteiger partial charge in [0.25, 0.3) is 0 Å². The second-order valence-corrected chi connectivity index (χ2v) is 5.41. The number of hydrogen-bond donors (Lipinski definition) is 0. The normalized spacial score (nSPS) is 11.6. The first-order chi connectivity index (χ1) is 10.5. The van der Waals surface area contributed by atoms with Crippen molar-refractivity contribution in [2.45, 2.75) is 6.54 Å². The summed E-state index contributed by atoms with van der Waals surface area (Å²) in [5.41, 5.74) is 1.31. The number of aromatic nitrogens is 1. The summed E-state index contributed by atoms with van der Waals surface area (Å²) in [4.78, 5) is 27.3. The highest BCUT2D eigenvalue weighted by Gasteiger charge is 2.10. The first-order valence-corrected chi connectivity index (χ1v) is 7.14. The average molecular weight is 303 g/mol. The van der Waals surface area contributed by atoms with Gasteiger partial charge in [-0.25, -0.2) is 4.79 Å². The highest BCUT2D eigenvalue weighted by molar-refractivity contribution is 5.87. The van der Waals surface area contributed by atoms with Gasteiger partial charge in [0.2, 0.25) is 5.91 Å². The summed E-state index contributed by atoms with van der Waals surface area (Å²) in [5, 5.41) is 0. The van der Waals surface area contributed by atoms with Crippen LogP contribution in [-0.4, -0.2) is 54.5 Å². The molecule has 6 heteroatoms. The van der Waals surface area contributed by atoms with Crippen LogP contribution < -0.4 is 5.76 Å². The number of likely N-dealkylation sites (N-methyl/N-ethyl adjacent to an activating group) is 2. The Kier molecular flexibility index (Phi) is 5.16. The third-order valence-corrected chi connectivity index (χ3v) is 3.34. The van der Waals surface area contributed by atoms with Gasteiger partial charge in [0.15, 0.2) is 5.58 Å². The Morgan fingerprint density at radius 3 is 2.73 bits per heavy atom. The van der Waals surface area contributed by atoms with Crippen LogP contribution in [0, 0.1) is 0 Å². The maximum atomic E-state index is 11.9. The fourth-order valence-corrected chi connectivity index (χ4v) is 2.08. The quantitative estimate of drug-likeness (QED) is 0.752. The van der Waals surface area contributed by atoms with E-state index in [-0.39, 0.29) is 5.91 Å². The van der Waals surface area contributed by atoms with Gasteiger partial charge >= 0.3 is 5.76 Å². The van der Waals surface area contributed by atoms with Crippen LogP contribution in [0.15, 0.2) is 45.6 Å². The average Bonchev–Trinajstić information content (AvgIpc) is 2.79. The van der Waals surface area contributed by atoms with E-state index >= 15 is 0 Å². The first kappa shape index (κ1) is 16.0. The summed E-state index contributed by atoms with van der Waals surface area (Å²) >= 11 is 0. The second-order valence-electron chi connectivity index (χ2n) is 5.41. The fraction of sp³-hybridized carbons (Fsp3) is 0.375. The lowest BCUT2D eigenvalue weighted by Crippen LogP contribution is -2.30. The van der Waals surface area contributed by atoms with Gasteiger partial charge in [-0.1, -0.05) is 18.2 Å². The molecule has 1 aromatic carbocycles. The van der Waals surface area contributed by atoms with Crippen LogP contribution in [0.4, 0.5) is 0 Å². The molecule has 0 aliphatic rings. The van der Waals surface area contributed by atoms with Gasteiger partial charge in [0.1, 0.15) is 0 Å². The highest BCUT2D eigenvalue weighted by Crippen LogP contribution is 2.11. The molecule has 0 aliphatic carbocycles. The van der Waals surface area contributed by atoms with Crippen molar-refractivity contribution in [1.82, 2.24) is 14.4 Å². The topological polar surface area (TPSA) is 58.7 Å². The Morgan fingerprint density at radius 1 is 1.27 bits per heavy atom. The van der Waals surface area contributed by atoms with Crippen molar-refractivity contribution in [3.63, 3.8) is 0 Å². The Bertz CT molecular complexity index is 728. The molecule has 2 rings (SSSR count). The molecule has 0 radical (unpaired) electrons. The minimum absolute atomic E-state index is 0.0808. The number of hydrogen-bond acceptors (Lipinski definition) is 4. The molecule has 1 aromatic heterocycles. The van der Waals surface area contributed by atoms with E-state index in [0.29, 0.717) is 25.2 Å². The van der Waals surface area contributed by atoms with Crippen molar-refractivity contribution in [1.29, 1.82) is 0 Å². The molecular formula is C16H21N3O3. The molecule has 22 heavy (non-hydrogen) atoms. The zero-order valence-corrected chi connectivity index (χ0v) is 13.2. The van der Waals surface area contributed by atoms with Gasteiger partial charge in [-0.3, -0.25) is 9.36 Å². The summed E-state index contributed by atoms with van der Waals surface area (Å²) in [5.74, 6) is -0.479. The SMILES string of the molecule is CN(C)C/C=C/C(=O)N(C)CCn1c(=O)oc2ccccc21. The first-order valence-electron chi connectivity index (χ1n) is 7.14. The van der Waals surface area contributed by atoms with Crippen LogP contribution in [-0.2, 0) is 11.3 Å². The number of rotatable bonds is 6. The number of amides is 1. The molecule has 0 saturated carbocycles. The number of fused-ring (bicyclic) bond motifs is 1. The third-order valence-electron chi connectivity index (χ3n) is 3.34. The number of nitrogens with zero attached hydrogens (tertiary/aromatic N) is 3. The standard InChI is InChI=1S/C16H21N3O3/c1-17(2)10-6-9-15(20)18(3)11-12-19-13-7-4-5-8-14(13)22-16(19)21/h4-9H,10-12H2,1-3H3/b9-6+. The lowest BCUT2D eigenvalue weighted by Gasteiger charge is -2.15. The summed E-state index contributed by atoms with van der Waals surface area (Å²) in [6.45, 7) is 1.56. The Morgan fingerprint density at radius 2 is 2.00 bits per heavy atom. The van der Waals surface area contributed by atoms with E-state index in [1.165, 1.54) is 0 Å². The van der Waals surface area contributed by atoms with Crippen molar-refractivity contribution >= 4 is 17.0 Å². The minimum atomic E-state index is -0.398. The van der Waals surface area contributed by atoms with Crippen molar-refractivity contribution < 1.29 is 9.21 Å². The maximum absolute atomic E-state index is 11.9. The molecule has 0 aliphatic heterocycles. The molecule has 0 fully saturated rings. The number of para-hydroxylation sites is 2. The van der Waals surface area contributed by atoms with Crippen molar-refractivity contribution in [2.24, 2.45) is 0 Å². The molecule has 1 amide bonds.